The minimum atomic E-state index is -0.287. The van der Waals surface area contributed by atoms with Crippen molar-refractivity contribution in [1.29, 1.82) is 0 Å². The van der Waals surface area contributed by atoms with E-state index < -0.39 is 0 Å². The van der Waals surface area contributed by atoms with E-state index in [0.717, 1.165) is 30.0 Å². The summed E-state index contributed by atoms with van der Waals surface area (Å²) in [7, 11) is 0. The summed E-state index contributed by atoms with van der Waals surface area (Å²) in [5.74, 6) is 1.97. The van der Waals surface area contributed by atoms with E-state index >= 15 is 0 Å². The van der Waals surface area contributed by atoms with Gasteiger partial charge in [0, 0.05) is 25.7 Å². The second-order valence-electron chi connectivity index (χ2n) is 7.17. The average molecular weight is 350 g/mol. The molecule has 134 valence electrons. The first-order chi connectivity index (χ1) is 12.6. The summed E-state index contributed by atoms with van der Waals surface area (Å²) in [5.41, 5.74) is 0.481. The number of hydrogen-bond acceptors (Lipinski definition) is 3. The molecular formula is C21H22N2O3. The van der Waals surface area contributed by atoms with Crippen molar-refractivity contribution in [2.45, 2.75) is 19.8 Å². The van der Waals surface area contributed by atoms with Crippen LogP contribution < -0.4 is 10.1 Å². The molecule has 1 heterocycles. The second-order valence-corrected chi connectivity index (χ2v) is 7.17. The van der Waals surface area contributed by atoms with Gasteiger partial charge >= 0.3 is 0 Å². The highest BCUT2D eigenvalue weighted by atomic mass is 16.5. The van der Waals surface area contributed by atoms with E-state index in [0.29, 0.717) is 19.0 Å². The van der Waals surface area contributed by atoms with Gasteiger partial charge < -0.3 is 15.0 Å². The second kappa shape index (κ2) is 6.48. The fraction of sp³-hybridized carbons (Fsp3) is 0.333. The SMILES string of the molecule is CC(=O)N1CC[C@]2(C(=O)Nc3ccc(Oc4ccccc4)cc3)C[C@@H]2C1. The maximum Gasteiger partial charge on any atom is 0.231 e. The van der Waals surface area contributed by atoms with Crippen molar-refractivity contribution >= 4 is 17.5 Å². The summed E-state index contributed by atoms with van der Waals surface area (Å²) in [6.45, 7) is 2.96. The van der Waals surface area contributed by atoms with Crippen LogP contribution in [0.15, 0.2) is 54.6 Å². The van der Waals surface area contributed by atoms with Gasteiger partial charge in [-0.15, -0.1) is 0 Å². The number of amides is 2. The van der Waals surface area contributed by atoms with E-state index in [2.05, 4.69) is 5.32 Å². The predicted octanol–water partition coefficient (Wildman–Crippen LogP) is 3.68. The molecule has 26 heavy (non-hydrogen) atoms. The number of ether oxygens (including phenoxy) is 1. The summed E-state index contributed by atoms with van der Waals surface area (Å²) >= 11 is 0. The Bertz CT molecular complexity index is 819. The summed E-state index contributed by atoms with van der Waals surface area (Å²) in [6.07, 6.45) is 1.62. The van der Waals surface area contributed by atoms with Gasteiger partial charge in [0.15, 0.2) is 0 Å². The number of nitrogens with one attached hydrogen (secondary N) is 1. The first-order valence-electron chi connectivity index (χ1n) is 8.97. The highest BCUT2D eigenvalue weighted by molar-refractivity contribution is 5.98. The van der Waals surface area contributed by atoms with E-state index in [1.165, 1.54) is 0 Å². The monoisotopic (exact) mass is 350 g/mol. The van der Waals surface area contributed by atoms with Crippen LogP contribution in [0.2, 0.25) is 0 Å². The first-order valence-corrected chi connectivity index (χ1v) is 8.97. The Morgan fingerprint density at radius 1 is 1.08 bits per heavy atom. The molecule has 2 aliphatic rings. The number of carbonyl (C=O) groups excluding carboxylic acids is 2. The number of para-hydroxylation sites is 1. The molecule has 5 nitrogen and oxygen atoms in total. The zero-order valence-corrected chi connectivity index (χ0v) is 14.8. The van der Waals surface area contributed by atoms with Crippen molar-refractivity contribution in [2.75, 3.05) is 18.4 Å². The molecule has 1 N–H and O–H groups in total. The quantitative estimate of drug-likeness (QED) is 0.915. The molecule has 1 aliphatic heterocycles. The van der Waals surface area contributed by atoms with Crippen LogP contribution in [-0.4, -0.2) is 29.8 Å². The largest absolute Gasteiger partial charge is 0.457 e. The molecule has 4 rings (SSSR count). The molecule has 1 saturated heterocycles. The number of rotatable bonds is 4. The fourth-order valence-corrected chi connectivity index (χ4v) is 3.78. The third-order valence-corrected chi connectivity index (χ3v) is 5.49. The third-order valence-electron chi connectivity index (χ3n) is 5.49. The maximum atomic E-state index is 12.7. The molecular weight excluding hydrogens is 328 g/mol. The van der Waals surface area contributed by atoms with Crippen molar-refractivity contribution < 1.29 is 14.3 Å². The molecule has 5 heteroatoms. The molecule has 2 atom stereocenters. The Kier molecular flexibility index (Phi) is 4.15. The number of carbonyl (C=O) groups is 2. The number of likely N-dealkylation sites (tertiary alicyclic amines) is 1. The van der Waals surface area contributed by atoms with Crippen molar-refractivity contribution in [2.24, 2.45) is 11.3 Å². The minimum absolute atomic E-state index is 0.0717. The van der Waals surface area contributed by atoms with Gasteiger partial charge in [0.1, 0.15) is 11.5 Å². The highest BCUT2D eigenvalue weighted by Gasteiger charge is 2.61. The van der Waals surface area contributed by atoms with Gasteiger partial charge in [-0.1, -0.05) is 18.2 Å². The molecule has 0 unspecified atom stereocenters. The zero-order valence-electron chi connectivity index (χ0n) is 14.8. The molecule has 2 aromatic rings. The lowest BCUT2D eigenvalue weighted by atomic mass is 9.94. The van der Waals surface area contributed by atoms with Crippen molar-refractivity contribution in [3.05, 3.63) is 54.6 Å². The molecule has 0 spiro atoms. The topological polar surface area (TPSA) is 58.6 Å². The average Bonchev–Trinajstić information content (AvgIpc) is 3.39. The molecule has 1 aliphatic carbocycles. The molecule has 2 aromatic carbocycles. The molecule has 0 aromatic heterocycles. The fourth-order valence-electron chi connectivity index (χ4n) is 3.78. The van der Waals surface area contributed by atoms with Crippen LogP contribution in [0.3, 0.4) is 0 Å². The van der Waals surface area contributed by atoms with Crippen LogP contribution in [0, 0.1) is 11.3 Å². The van der Waals surface area contributed by atoms with E-state index in [1.807, 2.05) is 59.5 Å². The van der Waals surface area contributed by atoms with E-state index in [4.69, 9.17) is 4.74 Å². The summed E-state index contributed by atoms with van der Waals surface area (Å²) in [4.78, 5) is 26.1. The third kappa shape index (κ3) is 3.17. The summed E-state index contributed by atoms with van der Waals surface area (Å²) < 4.78 is 5.77. The number of fused-ring (bicyclic) bond motifs is 1. The standard InChI is InChI=1S/C21H22N2O3/c1-15(24)23-12-11-21(13-16(21)14-23)20(25)22-17-7-9-19(10-8-17)26-18-5-3-2-4-6-18/h2-10,16H,11-14H2,1H3,(H,22,25)/t16-,21+/m1/s1. The number of piperidine rings is 1. The van der Waals surface area contributed by atoms with Crippen LogP contribution in [0.5, 0.6) is 11.5 Å². The Labute approximate surface area is 153 Å². The normalized spacial score (nSPS) is 23.7. The minimum Gasteiger partial charge on any atom is -0.457 e. The van der Waals surface area contributed by atoms with Crippen molar-refractivity contribution in [3.63, 3.8) is 0 Å². The van der Waals surface area contributed by atoms with Gasteiger partial charge in [0.05, 0.1) is 5.41 Å². The lowest BCUT2D eigenvalue weighted by Crippen LogP contribution is -2.41. The van der Waals surface area contributed by atoms with Gasteiger partial charge in [-0.3, -0.25) is 9.59 Å². The predicted molar refractivity (Wildman–Crippen MR) is 99.0 cm³/mol. The summed E-state index contributed by atoms with van der Waals surface area (Å²) in [5, 5.41) is 3.03. The highest BCUT2D eigenvalue weighted by Crippen LogP contribution is 2.58. The van der Waals surface area contributed by atoms with E-state index in [-0.39, 0.29) is 17.2 Å². The molecule has 2 fully saturated rings. The Balaban J connectivity index is 1.36. The molecule has 0 radical (unpaired) electrons. The van der Waals surface area contributed by atoms with Crippen LogP contribution in [-0.2, 0) is 9.59 Å². The van der Waals surface area contributed by atoms with Crippen LogP contribution in [0.4, 0.5) is 5.69 Å². The number of anilines is 1. The van der Waals surface area contributed by atoms with Crippen LogP contribution in [0.1, 0.15) is 19.8 Å². The van der Waals surface area contributed by atoms with E-state index in [1.54, 1.807) is 6.92 Å². The molecule has 0 bridgehead atoms. The molecule has 1 saturated carbocycles. The van der Waals surface area contributed by atoms with Gasteiger partial charge in [-0.2, -0.15) is 0 Å². The number of hydrogen-bond donors (Lipinski definition) is 1. The number of benzene rings is 2. The van der Waals surface area contributed by atoms with Crippen LogP contribution >= 0.6 is 0 Å². The van der Waals surface area contributed by atoms with Gasteiger partial charge in [-0.25, -0.2) is 0 Å². The lowest BCUT2D eigenvalue weighted by Gasteiger charge is -2.30. The van der Waals surface area contributed by atoms with Crippen LogP contribution in [0.25, 0.3) is 0 Å². The first kappa shape index (κ1) is 16.6. The Morgan fingerprint density at radius 3 is 2.42 bits per heavy atom. The van der Waals surface area contributed by atoms with Gasteiger partial charge in [-0.05, 0) is 55.2 Å². The van der Waals surface area contributed by atoms with Gasteiger partial charge in [0.25, 0.3) is 0 Å². The zero-order chi connectivity index (χ0) is 18.1. The van der Waals surface area contributed by atoms with Crippen molar-refractivity contribution in [1.82, 2.24) is 4.90 Å². The van der Waals surface area contributed by atoms with Gasteiger partial charge in [0.2, 0.25) is 11.8 Å². The summed E-state index contributed by atoms with van der Waals surface area (Å²) in [6, 6.07) is 17.0. The number of nitrogens with zero attached hydrogens (tertiary/aromatic N) is 1. The van der Waals surface area contributed by atoms with E-state index in [9.17, 15) is 9.59 Å². The Morgan fingerprint density at radius 2 is 1.77 bits per heavy atom. The Hall–Kier alpha value is -2.82. The molecule has 2 amide bonds. The lowest BCUT2D eigenvalue weighted by molar-refractivity contribution is -0.132. The smallest absolute Gasteiger partial charge is 0.231 e. The van der Waals surface area contributed by atoms with Crippen molar-refractivity contribution in [3.8, 4) is 11.5 Å². The maximum absolute atomic E-state index is 12.7.